The minimum Gasteiger partial charge on any atom is -0.356 e. The van der Waals surface area contributed by atoms with Crippen molar-refractivity contribution in [3.8, 4) is 0 Å². The van der Waals surface area contributed by atoms with Gasteiger partial charge in [-0.3, -0.25) is 4.79 Å². The van der Waals surface area contributed by atoms with E-state index in [0.717, 1.165) is 24.7 Å². The smallest absolute Gasteiger partial charge is 0.259 e. The van der Waals surface area contributed by atoms with Crippen LogP contribution in [-0.4, -0.2) is 20.2 Å². The number of nitrogens with zero attached hydrogens (tertiary/aromatic N) is 3. The second kappa shape index (κ2) is 7.79. The highest BCUT2D eigenvalue weighted by Crippen LogP contribution is 2.29. The first-order valence-electron chi connectivity index (χ1n) is 8.33. The number of fused-ring (bicyclic) bond motifs is 1. The van der Waals surface area contributed by atoms with Gasteiger partial charge in [0.15, 0.2) is 4.34 Å². The Kier molecular flexibility index (Phi) is 5.24. The zero-order valence-corrected chi connectivity index (χ0v) is 17.2. The van der Waals surface area contributed by atoms with E-state index < -0.39 is 0 Å². The van der Waals surface area contributed by atoms with Gasteiger partial charge in [0, 0.05) is 11.4 Å². The van der Waals surface area contributed by atoms with Crippen LogP contribution >= 0.6 is 34.4 Å². The summed E-state index contributed by atoms with van der Waals surface area (Å²) in [4.78, 5) is 21.8. The maximum Gasteiger partial charge on any atom is 0.259 e. The molecule has 6 nitrogen and oxygen atoms in total. The van der Waals surface area contributed by atoms with Crippen molar-refractivity contribution < 1.29 is 0 Å². The van der Waals surface area contributed by atoms with Crippen LogP contribution in [0.2, 0.25) is 0 Å². The summed E-state index contributed by atoms with van der Waals surface area (Å²) < 4.78 is 0.840. The van der Waals surface area contributed by atoms with Gasteiger partial charge in [-0.1, -0.05) is 53.4 Å². The largest absolute Gasteiger partial charge is 0.356 e. The molecular weight excluding hydrogens is 398 g/mol. The number of thioether (sulfide) groups is 1. The molecule has 138 valence electrons. The number of thiophene rings is 1. The summed E-state index contributed by atoms with van der Waals surface area (Å²) in [6, 6.07) is 10.2. The third-order valence-corrected chi connectivity index (χ3v) is 7.24. The Morgan fingerprint density at radius 1 is 1.15 bits per heavy atom. The molecule has 0 amide bonds. The second-order valence-electron chi connectivity index (χ2n) is 5.98. The molecule has 3 aromatic heterocycles. The first-order valence-corrected chi connectivity index (χ1v) is 10.9. The summed E-state index contributed by atoms with van der Waals surface area (Å²) in [6.07, 6.45) is 0. The molecule has 0 radical (unpaired) electrons. The zero-order chi connectivity index (χ0) is 18.8. The van der Waals surface area contributed by atoms with Crippen LogP contribution in [-0.2, 0) is 12.3 Å². The number of aromatic amines is 1. The number of aryl methyl sites for hydroxylation is 2. The van der Waals surface area contributed by atoms with Crippen molar-refractivity contribution in [2.75, 3.05) is 5.32 Å². The van der Waals surface area contributed by atoms with E-state index in [1.54, 1.807) is 11.3 Å². The highest BCUT2D eigenvalue weighted by atomic mass is 32.2. The number of anilines is 1. The molecule has 0 saturated heterocycles. The number of aromatic nitrogens is 4. The van der Waals surface area contributed by atoms with Crippen molar-refractivity contribution in [3.05, 3.63) is 62.5 Å². The molecule has 4 aromatic rings. The Hall–Kier alpha value is -2.23. The predicted molar refractivity (Wildman–Crippen MR) is 113 cm³/mol. The Morgan fingerprint density at radius 2 is 1.96 bits per heavy atom. The van der Waals surface area contributed by atoms with E-state index in [2.05, 4.69) is 37.6 Å². The summed E-state index contributed by atoms with van der Waals surface area (Å²) in [7, 11) is 0. The number of H-pyrrole nitrogens is 1. The Bertz CT molecular complexity index is 1130. The summed E-state index contributed by atoms with van der Waals surface area (Å²) in [5.74, 6) is 1.21. The predicted octanol–water partition coefficient (Wildman–Crippen LogP) is 4.36. The minimum atomic E-state index is -0.0695. The second-order valence-corrected chi connectivity index (χ2v) is 9.38. The molecule has 9 heteroatoms. The highest BCUT2D eigenvalue weighted by Gasteiger charge is 2.13. The molecule has 2 N–H and O–H groups in total. The Morgan fingerprint density at radius 3 is 2.78 bits per heavy atom. The van der Waals surface area contributed by atoms with Gasteiger partial charge < -0.3 is 10.3 Å². The molecule has 0 unspecified atom stereocenters. The van der Waals surface area contributed by atoms with Crippen LogP contribution in [0.4, 0.5) is 5.13 Å². The lowest BCUT2D eigenvalue weighted by Crippen LogP contribution is -2.10. The van der Waals surface area contributed by atoms with E-state index in [0.29, 0.717) is 23.5 Å². The fourth-order valence-electron chi connectivity index (χ4n) is 2.61. The van der Waals surface area contributed by atoms with Gasteiger partial charge in [-0.25, -0.2) is 4.98 Å². The average Bonchev–Trinajstić information content (AvgIpc) is 3.24. The number of hydrogen-bond donors (Lipinski definition) is 2. The third kappa shape index (κ3) is 4.05. The SMILES string of the molecule is Cc1sc2nc(CSc3nnc(NCc4ccccc4)s3)[nH]c(=O)c2c1C. The molecule has 4 rings (SSSR count). The molecule has 0 atom stereocenters. The number of benzene rings is 1. The van der Waals surface area contributed by atoms with Gasteiger partial charge >= 0.3 is 0 Å². The Balaban J connectivity index is 1.41. The maximum absolute atomic E-state index is 12.3. The molecule has 0 aliphatic carbocycles. The van der Waals surface area contributed by atoms with Crippen LogP contribution in [0.15, 0.2) is 39.5 Å². The van der Waals surface area contributed by atoms with Gasteiger partial charge in [0.05, 0.1) is 11.1 Å². The molecule has 0 spiro atoms. The van der Waals surface area contributed by atoms with Gasteiger partial charge in [0.2, 0.25) is 5.13 Å². The van der Waals surface area contributed by atoms with Crippen molar-refractivity contribution in [3.63, 3.8) is 0 Å². The molecule has 27 heavy (non-hydrogen) atoms. The normalized spacial score (nSPS) is 11.2. The van der Waals surface area contributed by atoms with Crippen LogP contribution < -0.4 is 10.9 Å². The van der Waals surface area contributed by atoms with Crippen molar-refractivity contribution in [1.82, 2.24) is 20.2 Å². The van der Waals surface area contributed by atoms with Crippen molar-refractivity contribution in [1.29, 1.82) is 0 Å². The Labute approximate surface area is 168 Å². The molecular formula is C18H17N5OS3. The summed E-state index contributed by atoms with van der Waals surface area (Å²) in [5, 5.41) is 13.1. The van der Waals surface area contributed by atoms with Gasteiger partial charge in [-0.2, -0.15) is 0 Å². The van der Waals surface area contributed by atoms with Gasteiger partial charge in [-0.05, 0) is 25.0 Å². The van der Waals surface area contributed by atoms with Gasteiger partial charge in [-0.15, -0.1) is 21.5 Å². The van der Waals surface area contributed by atoms with Crippen molar-refractivity contribution >= 4 is 49.8 Å². The number of hydrogen-bond acceptors (Lipinski definition) is 8. The lowest BCUT2D eigenvalue weighted by atomic mass is 10.2. The van der Waals surface area contributed by atoms with E-state index in [9.17, 15) is 4.79 Å². The average molecular weight is 416 g/mol. The van der Waals surface area contributed by atoms with Gasteiger partial charge in [0.25, 0.3) is 5.56 Å². The fraction of sp³-hybridized carbons (Fsp3) is 0.222. The standard InChI is InChI=1S/C18H17N5OS3/c1-10-11(2)26-16-14(10)15(24)20-13(21-16)9-25-18-23-22-17(27-18)19-8-12-6-4-3-5-7-12/h3-7H,8-9H2,1-2H3,(H,19,22)(H,20,21,24). The van der Waals surface area contributed by atoms with E-state index >= 15 is 0 Å². The summed E-state index contributed by atoms with van der Waals surface area (Å²) >= 11 is 4.58. The van der Waals surface area contributed by atoms with E-state index in [-0.39, 0.29) is 5.56 Å². The van der Waals surface area contributed by atoms with Crippen LogP contribution in [0.3, 0.4) is 0 Å². The van der Waals surface area contributed by atoms with Crippen LogP contribution in [0.1, 0.15) is 21.8 Å². The van der Waals surface area contributed by atoms with E-state index in [1.807, 2.05) is 32.0 Å². The summed E-state index contributed by atoms with van der Waals surface area (Å²) in [6.45, 7) is 4.69. The molecule has 0 bridgehead atoms. The molecule has 0 fully saturated rings. The number of nitrogens with one attached hydrogen (secondary N) is 2. The summed E-state index contributed by atoms with van der Waals surface area (Å²) in [5.41, 5.74) is 2.14. The van der Waals surface area contributed by atoms with Crippen LogP contribution in [0.25, 0.3) is 10.2 Å². The lowest BCUT2D eigenvalue weighted by molar-refractivity contribution is 0.990. The van der Waals surface area contributed by atoms with Crippen molar-refractivity contribution in [2.24, 2.45) is 0 Å². The maximum atomic E-state index is 12.3. The third-order valence-electron chi connectivity index (χ3n) is 4.11. The zero-order valence-electron chi connectivity index (χ0n) is 14.8. The molecule has 0 aliphatic rings. The van der Waals surface area contributed by atoms with E-state index in [1.165, 1.54) is 28.7 Å². The minimum absolute atomic E-state index is 0.0695. The lowest BCUT2D eigenvalue weighted by Gasteiger charge is -2.01. The van der Waals surface area contributed by atoms with E-state index in [4.69, 9.17) is 0 Å². The first-order chi connectivity index (χ1) is 13.1. The fourth-order valence-corrected chi connectivity index (χ4v) is 5.28. The molecule has 0 aliphatic heterocycles. The first kappa shape index (κ1) is 18.1. The number of rotatable bonds is 6. The van der Waals surface area contributed by atoms with Crippen molar-refractivity contribution in [2.45, 2.75) is 30.5 Å². The van der Waals surface area contributed by atoms with Crippen LogP contribution in [0, 0.1) is 13.8 Å². The molecule has 0 saturated carbocycles. The quantitative estimate of drug-likeness (QED) is 0.455. The topological polar surface area (TPSA) is 83.6 Å². The highest BCUT2D eigenvalue weighted by molar-refractivity contribution is 8.00. The molecule has 3 heterocycles. The van der Waals surface area contributed by atoms with Crippen LogP contribution in [0.5, 0.6) is 0 Å². The molecule has 1 aromatic carbocycles. The van der Waals surface area contributed by atoms with Gasteiger partial charge in [0.1, 0.15) is 10.7 Å². The monoisotopic (exact) mass is 415 g/mol.